The highest BCUT2D eigenvalue weighted by Gasteiger charge is 2.28. The van der Waals surface area contributed by atoms with Crippen molar-refractivity contribution in [1.82, 2.24) is 10.3 Å². The first-order valence-electron chi connectivity index (χ1n) is 8.70. The smallest absolute Gasteiger partial charge is 0.335 e. The number of nitrogens with one attached hydrogen (secondary N) is 1. The Morgan fingerprint density at radius 3 is 2.77 bits per heavy atom. The van der Waals surface area contributed by atoms with Gasteiger partial charge in [0.2, 0.25) is 0 Å². The predicted octanol–water partition coefficient (Wildman–Crippen LogP) is 2.99. The van der Waals surface area contributed by atoms with Gasteiger partial charge in [0.25, 0.3) is 5.91 Å². The molecule has 2 aromatic rings. The Balaban J connectivity index is 1.66. The Morgan fingerprint density at radius 2 is 2.04 bits per heavy atom. The third-order valence-electron chi connectivity index (χ3n) is 4.62. The molecule has 6 nitrogen and oxygen atoms in total. The van der Waals surface area contributed by atoms with Crippen LogP contribution in [0.25, 0.3) is 0 Å². The molecule has 1 amide bonds. The average molecular weight is 354 g/mol. The molecule has 3 rings (SSSR count). The summed E-state index contributed by atoms with van der Waals surface area (Å²) < 4.78 is 5.96. The van der Waals surface area contributed by atoms with Crippen LogP contribution in [0.4, 0.5) is 0 Å². The van der Waals surface area contributed by atoms with E-state index < -0.39 is 5.97 Å². The van der Waals surface area contributed by atoms with E-state index in [4.69, 9.17) is 9.84 Å². The number of aromatic carboxylic acids is 1. The van der Waals surface area contributed by atoms with E-state index in [0.29, 0.717) is 13.2 Å². The van der Waals surface area contributed by atoms with Gasteiger partial charge in [0.15, 0.2) is 0 Å². The summed E-state index contributed by atoms with van der Waals surface area (Å²) in [5, 5.41) is 11.9. The third kappa shape index (κ3) is 4.26. The van der Waals surface area contributed by atoms with E-state index in [9.17, 15) is 9.59 Å². The van der Waals surface area contributed by atoms with E-state index in [0.717, 1.165) is 18.4 Å². The number of aryl methyl sites for hydroxylation is 1. The van der Waals surface area contributed by atoms with Gasteiger partial charge in [-0.15, -0.1) is 0 Å². The number of hydrogen-bond donors (Lipinski definition) is 2. The normalized spacial score (nSPS) is 19.7. The van der Waals surface area contributed by atoms with E-state index in [1.54, 1.807) is 0 Å². The third-order valence-corrected chi connectivity index (χ3v) is 4.62. The fraction of sp³-hybridized carbons (Fsp3) is 0.350. The molecule has 2 unspecified atom stereocenters. The van der Waals surface area contributed by atoms with Gasteiger partial charge in [-0.2, -0.15) is 0 Å². The molecular weight excluding hydrogens is 332 g/mol. The molecule has 0 bridgehead atoms. The fourth-order valence-corrected chi connectivity index (χ4v) is 3.18. The second-order valence-electron chi connectivity index (χ2n) is 6.55. The molecule has 0 spiro atoms. The first-order valence-corrected chi connectivity index (χ1v) is 8.70. The predicted molar refractivity (Wildman–Crippen MR) is 96.1 cm³/mol. The maximum atomic E-state index is 12.3. The number of aromatic nitrogens is 1. The lowest BCUT2D eigenvalue weighted by atomic mass is 9.89. The van der Waals surface area contributed by atoms with E-state index in [1.807, 2.05) is 6.92 Å². The molecule has 2 atom stereocenters. The second-order valence-corrected chi connectivity index (χ2v) is 6.55. The van der Waals surface area contributed by atoms with Crippen molar-refractivity contribution in [3.8, 4) is 0 Å². The summed E-state index contributed by atoms with van der Waals surface area (Å²) in [5.74, 6) is -1.29. The summed E-state index contributed by atoms with van der Waals surface area (Å²) in [7, 11) is 0. The number of carboxylic acid groups (broad SMARTS) is 1. The van der Waals surface area contributed by atoms with Gasteiger partial charge in [0.1, 0.15) is 5.69 Å². The highest BCUT2D eigenvalue weighted by molar-refractivity contribution is 5.95. The minimum absolute atomic E-state index is 0.0451. The molecule has 136 valence electrons. The van der Waals surface area contributed by atoms with Gasteiger partial charge in [-0.1, -0.05) is 29.8 Å². The molecule has 1 fully saturated rings. The molecule has 6 heteroatoms. The monoisotopic (exact) mass is 354 g/mol. The zero-order chi connectivity index (χ0) is 18.5. The van der Waals surface area contributed by atoms with Crippen LogP contribution >= 0.6 is 0 Å². The zero-order valence-electron chi connectivity index (χ0n) is 14.6. The molecular formula is C20H22N2O4. The topological polar surface area (TPSA) is 88.5 Å². The van der Waals surface area contributed by atoms with Gasteiger partial charge in [-0.25, -0.2) is 4.79 Å². The van der Waals surface area contributed by atoms with Crippen molar-refractivity contribution in [2.24, 2.45) is 5.92 Å². The van der Waals surface area contributed by atoms with Crippen LogP contribution in [0.15, 0.2) is 42.6 Å². The van der Waals surface area contributed by atoms with Gasteiger partial charge in [0.05, 0.1) is 11.7 Å². The molecule has 1 saturated heterocycles. The number of carbonyl (C=O) groups is 2. The second kappa shape index (κ2) is 8.10. The van der Waals surface area contributed by atoms with Crippen molar-refractivity contribution in [2.45, 2.75) is 25.9 Å². The molecule has 2 heterocycles. The number of pyridine rings is 1. The van der Waals surface area contributed by atoms with E-state index >= 15 is 0 Å². The summed E-state index contributed by atoms with van der Waals surface area (Å²) in [6.45, 7) is 3.21. The van der Waals surface area contributed by atoms with Crippen molar-refractivity contribution < 1.29 is 19.4 Å². The summed E-state index contributed by atoms with van der Waals surface area (Å²) in [6.07, 6.45) is 3.19. The van der Waals surface area contributed by atoms with Crippen LogP contribution in [0.1, 0.15) is 50.9 Å². The first-order chi connectivity index (χ1) is 12.5. The SMILES string of the molecule is Cc1ccc(C2OCCCC2CNC(=O)c2cc(C(=O)O)ccn2)cc1. The number of benzene rings is 1. The highest BCUT2D eigenvalue weighted by Crippen LogP contribution is 2.33. The summed E-state index contributed by atoms with van der Waals surface area (Å²) in [4.78, 5) is 27.3. The molecule has 1 aromatic carbocycles. The van der Waals surface area contributed by atoms with Gasteiger partial charge in [-0.05, 0) is 37.5 Å². The van der Waals surface area contributed by atoms with Gasteiger partial charge >= 0.3 is 5.97 Å². The summed E-state index contributed by atoms with van der Waals surface area (Å²) in [6, 6.07) is 10.9. The Kier molecular flexibility index (Phi) is 5.63. The van der Waals surface area contributed by atoms with Gasteiger partial charge in [-0.3, -0.25) is 9.78 Å². The van der Waals surface area contributed by atoms with Crippen molar-refractivity contribution >= 4 is 11.9 Å². The van der Waals surface area contributed by atoms with E-state index in [2.05, 4.69) is 34.6 Å². The molecule has 0 radical (unpaired) electrons. The molecule has 0 saturated carbocycles. The lowest BCUT2D eigenvalue weighted by Gasteiger charge is -2.32. The Morgan fingerprint density at radius 1 is 1.27 bits per heavy atom. The number of amides is 1. The largest absolute Gasteiger partial charge is 0.478 e. The Bertz CT molecular complexity index is 789. The number of ether oxygens (including phenoxy) is 1. The molecule has 26 heavy (non-hydrogen) atoms. The van der Waals surface area contributed by atoms with Crippen LogP contribution in [0.5, 0.6) is 0 Å². The number of hydrogen-bond acceptors (Lipinski definition) is 4. The standard InChI is InChI=1S/C20H22N2O4/c1-13-4-6-14(7-5-13)18-16(3-2-10-26-18)12-22-19(23)17-11-15(20(24)25)8-9-21-17/h4-9,11,16,18H,2-3,10,12H2,1H3,(H,22,23)(H,24,25). The molecule has 1 aromatic heterocycles. The van der Waals surface area contributed by atoms with Crippen molar-refractivity contribution in [2.75, 3.05) is 13.2 Å². The summed E-state index contributed by atoms with van der Waals surface area (Å²) in [5.41, 5.74) is 2.46. The highest BCUT2D eigenvalue weighted by atomic mass is 16.5. The molecule has 2 N–H and O–H groups in total. The maximum absolute atomic E-state index is 12.3. The number of carboxylic acids is 1. The molecule has 0 aliphatic carbocycles. The van der Waals surface area contributed by atoms with Crippen LogP contribution in [-0.2, 0) is 4.74 Å². The minimum atomic E-state index is -1.08. The lowest BCUT2D eigenvalue weighted by Crippen LogP contribution is -2.35. The fourth-order valence-electron chi connectivity index (χ4n) is 3.18. The number of rotatable bonds is 5. The molecule has 1 aliphatic heterocycles. The van der Waals surface area contributed by atoms with E-state index in [-0.39, 0.29) is 29.2 Å². The lowest BCUT2D eigenvalue weighted by molar-refractivity contribution is -0.0272. The average Bonchev–Trinajstić information content (AvgIpc) is 2.67. The van der Waals surface area contributed by atoms with Gasteiger partial charge < -0.3 is 15.2 Å². The molecule has 1 aliphatic rings. The van der Waals surface area contributed by atoms with Crippen LogP contribution in [0, 0.1) is 12.8 Å². The van der Waals surface area contributed by atoms with Crippen LogP contribution in [-0.4, -0.2) is 35.1 Å². The maximum Gasteiger partial charge on any atom is 0.335 e. The van der Waals surface area contributed by atoms with Gasteiger partial charge in [0, 0.05) is 25.3 Å². The van der Waals surface area contributed by atoms with E-state index in [1.165, 1.54) is 23.9 Å². The quantitative estimate of drug-likeness (QED) is 0.862. The van der Waals surface area contributed by atoms with Crippen LogP contribution in [0.3, 0.4) is 0 Å². The van der Waals surface area contributed by atoms with Crippen molar-refractivity contribution in [3.05, 3.63) is 65.0 Å². The van der Waals surface area contributed by atoms with Crippen LogP contribution < -0.4 is 5.32 Å². The number of nitrogens with zero attached hydrogens (tertiary/aromatic N) is 1. The van der Waals surface area contributed by atoms with Crippen LogP contribution in [0.2, 0.25) is 0 Å². The zero-order valence-corrected chi connectivity index (χ0v) is 14.6. The first kappa shape index (κ1) is 18.1. The summed E-state index contributed by atoms with van der Waals surface area (Å²) >= 11 is 0. The minimum Gasteiger partial charge on any atom is -0.478 e. The van der Waals surface area contributed by atoms with Crippen molar-refractivity contribution in [3.63, 3.8) is 0 Å². The van der Waals surface area contributed by atoms with Crippen molar-refractivity contribution in [1.29, 1.82) is 0 Å². The Hall–Kier alpha value is -2.73. The Labute approximate surface area is 152 Å². The number of carbonyl (C=O) groups excluding carboxylic acids is 1.